The number of rotatable bonds is 7. The molecule has 0 saturated carbocycles. The van der Waals surface area contributed by atoms with Crippen LogP contribution in [0.25, 0.3) is 0 Å². The fourth-order valence-corrected chi connectivity index (χ4v) is 4.42. The summed E-state index contributed by atoms with van der Waals surface area (Å²) >= 11 is 0. The van der Waals surface area contributed by atoms with Crippen LogP contribution in [0.2, 0.25) is 0 Å². The molecular weight excluding hydrogens is 362 g/mol. The zero-order valence-corrected chi connectivity index (χ0v) is 16.4. The third-order valence-electron chi connectivity index (χ3n) is 4.68. The van der Waals surface area contributed by atoms with Crippen LogP contribution in [0.4, 0.5) is 5.69 Å². The Morgan fingerprint density at radius 3 is 2.37 bits per heavy atom. The number of nitrogens with zero attached hydrogens (tertiary/aromatic N) is 2. The van der Waals surface area contributed by atoms with E-state index in [2.05, 4.69) is 14.6 Å². The number of sulfonamides is 1. The predicted octanol–water partition coefficient (Wildman–Crippen LogP) is 2.72. The Kier molecular flexibility index (Phi) is 5.94. The second-order valence-corrected chi connectivity index (χ2v) is 8.59. The van der Waals surface area contributed by atoms with E-state index in [1.165, 1.54) is 0 Å². The summed E-state index contributed by atoms with van der Waals surface area (Å²) < 4.78 is 29.0. The lowest BCUT2D eigenvalue weighted by atomic mass is 10.0. The minimum atomic E-state index is -3.73. The quantitative estimate of drug-likeness (QED) is 0.763. The number of amidine groups is 1. The number of hydrogen-bond donors (Lipinski definition) is 2. The molecule has 2 N–H and O–H groups in total. The van der Waals surface area contributed by atoms with E-state index in [1.54, 1.807) is 24.3 Å². The van der Waals surface area contributed by atoms with Crippen LogP contribution in [0.1, 0.15) is 19.4 Å². The summed E-state index contributed by atoms with van der Waals surface area (Å²) in [6.45, 7) is 4.96. The molecule has 0 saturated heterocycles. The van der Waals surface area contributed by atoms with Crippen molar-refractivity contribution in [2.45, 2.75) is 31.3 Å². The standard InChI is InChI=1S/C20H25N3O3S/c1-15(2)18(14-24)23(12-16-8-4-3-5-9-16)13-20-21-17-10-6-7-11-19(17)27(25,26)22-20/h3-11,15,18,24H,12-14H2,1-2H3,(H,21,22). The fraction of sp³-hybridized carbons (Fsp3) is 0.350. The van der Waals surface area contributed by atoms with Gasteiger partial charge in [-0.05, 0) is 23.6 Å². The van der Waals surface area contributed by atoms with Crippen molar-refractivity contribution < 1.29 is 13.5 Å². The van der Waals surface area contributed by atoms with Gasteiger partial charge in [0.05, 0.1) is 18.8 Å². The van der Waals surface area contributed by atoms with Gasteiger partial charge in [-0.1, -0.05) is 56.3 Å². The van der Waals surface area contributed by atoms with E-state index in [0.29, 0.717) is 24.6 Å². The summed E-state index contributed by atoms with van der Waals surface area (Å²) in [5.74, 6) is 0.565. The van der Waals surface area contributed by atoms with Crippen molar-refractivity contribution in [3.8, 4) is 0 Å². The Labute approximate surface area is 160 Å². The summed E-state index contributed by atoms with van der Waals surface area (Å²) in [5, 5.41) is 13.0. The summed E-state index contributed by atoms with van der Waals surface area (Å²) in [6.07, 6.45) is 0. The molecule has 144 valence electrons. The highest BCUT2D eigenvalue weighted by Gasteiger charge is 2.28. The van der Waals surface area contributed by atoms with Crippen LogP contribution in [0, 0.1) is 5.92 Å². The zero-order chi connectivity index (χ0) is 19.4. The molecule has 1 atom stereocenters. The lowest BCUT2D eigenvalue weighted by Gasteiger charge is -2.34. The summed E-state index contributed by atoms with van der Waals surface area (Å²) in [7, 11) is -3.73. The van der Waals surface area contributed by atoms with Crippen molar-refractivity contribution >= 4 is 21.5 Å². The van der Waals surface area contributed by atoms with Crippen LogP contribution in [-0.4, -0.2) is 43.5 Å². The lowest BCUT2D eigenvalue weighted by Crippen LogP contribution is -2.45. The zero-order valence-electron chi connectivity index (χ0n) is 15.5. The van der Waals surface area contributed by atoms with Crippen LogP contribution in [0.5, 0.6) is 0 Å². The molecular formula is C20H25N3O3S. The number of hydrogen-bond acceptors (Lipinski definition) is 5. The molecule has 0 spiro atoms. The average Bonchev–Trinajstić information content (AvgIpc) is 2.62. The number of nitrogens with one attached hydrogen (secondary N) is 1. The van der Waals surface area contributed by atoms with Crippen LogP contribution in [0.15, 0.2) is 63.9 Å². The Balaban J connectivity index is 1.89. The first-order valence-electron chi connectivity index (χ1n) is 8.99. The maximum atomic E-state index is 12.5. The first-order valence-corrected chi connectivity index (χ1v) is 10.4. The van der Waals surface area contributed by atoms with Crippen LogP contribution in [0.3, 0.4) is 0 Å². The predicted molar refractivity (Wildman–Crippen MR) is 107 cm³/mol. The SMILES string of the molecule is CC(C)C(CO)N(CC1=NS(=O)(=O)c2ccccc2N1)Cc1ccccc1. The molecule has 1 aliphatic rings. The van der Waals surface area contributed by atoms with Crippen molar-refractivity contribution in [2.24, 2.45) is 10.3 Å². The van der Waals surface area contributed by atoms with E-state index in [0.717, 1.165) is 5.56 Å². The van der Waals surface area contributed by atoms with Crippen molar-refractivity contribution in [1.82, 2.24) is 4.90 Å². The lowest BCUT2D eigenvalue weighted by molar-refractivity contribution is 0.0984. The van der Waals surface area contributed by atoms with E-state index in [9.17, 15) is 13.5 Å². The highest BCUT2D eigenvalue weighted by Crippen LogP contribution is 2.27. The van der Waals surface area contributed by atoms with Crippen LogP contribution >= 0.6 is 0 Å². The summed E-state index contributed by atoms with van der Waals surface area (Å²) in [6, 6.07) is 16.6. The maximum Gasteiger partial charge on any atom is 0.286 e. The van der Waals surface area contributed by atoms with Gasteiger partial charge in [0.1, 0.15) is 10.7 Å². The highest BCUT2D eigenvalue weighted by molar-refractivity contribution is 7.90. The second-order valence-electron chi connectivity index (χ2n) is 7.02. The smallest absolute Gasteiger partial charge is 0.286 e. The van der Waals surface area contributed by atoms with Crippen molar-refractivity contribution in [2.75, 3.05) is 18.5 Å². The topological polar surface area (TPSA) is 82.0 Å². The first-order chi connectivity index (χ1) is 12.9. The fourth-order valence-electron chi connectivity index (χ4n) is 3.28. The summed E-state index contributed by atoms with van der Waals surface area (Å²) in [5.41, 5.74) is 1.63. The molecule has 7 heteroatoms. The van der Waals surface area contributed by atoms with Gasteiger partial charge in [-0.3, -0.25) is 4.90 Å². The van der Waals surface area contributed by atoms with Gasteiger partial charge in [-0.25, -0.2) is 0 Å². The van der Waals surface area contributed by atoms with Gasteiger partial charge in [-0.15, -0.1) is 4.40 Å². The van der Waals surface area contributed by atoms with Gasteiger partial charge in [0.2, 0.25) is 0 Å². The molecule has 3 rings (SSSR count). The van der Waals surface area contributed by atoms with Gasteiger partial charge >= 0.3 is 0 Å². The van der Waals surface area contributed by atoms with Crippen LogP contribution < -0.4 is 5.32 Å². The van der Waals surface area contributed by atoms with E-state index in [4.69, 9.17) is 0 Å². The number of para-hydroxylation sites is 1. The summed E-state index contributed by atoms with van der Waals surface area (Å²) in [4.78, 5) is 2.25. The third-order valence-corrected chi connectivity index (χ3v) is 6.05. The molecule has 1 aliphatic heterocycles. The van der Waals surface area contributed by atoms with Gasteiger partial charge < -0.3 is 10.4 Å². The minimum Gasteiger partial charge on any atom is -0.395 e. The number of benzene rings is 2. The molecule has 0 amide bonds. The molecule has 2 aromatic rings. The van der Waals surface area contributed by atoms with Crippen molar-refractivity contribution in [1.29, 1.82) is 0 Å². The Bertz CT molecular complexity index is 911. The molecule has 0 aromatic heterocycles. The Morgan fingerprint density at radius 2 is 1.70 bits per heavy atom. The minimum absolute atomic E-state index is 0.0128. The number of aliphatic hydroxyl groups is 1. The highest BCUT2D eigenvalue weighted by atomic mass is 32.2. The molecule has 0 fully saturated rings. The Hall–Kier alpha value is -2.22. The van der Waals surface area contributed by atoms with Gasteiger partial charge in [0, 0.05) is 12.6 Å². The van der Waals surface area contributed by atoms with E-state index in [1.807, 2.05) is 44.2 Å². The van der Waals surface area contributed by atoms with Crippen molar-refractivity contribution in [3.05, 3.63) is 60.2 Å². The number of fused-ring (bicyclic) bond motifs is 1. The largest absolute Gasteiger partial charge is 0.395 e. The molecule has 27 heavy (non-hydrogen) atoms. The molecule has 1 heterocycles. The first kappa shape index (κ1) is 19.5. The number of anilines is 1. The second kappa shape index (κ2) is 8.21. The molecule has 1 unspecified atom stereocenters. The average molecular weight is 388 g/mol. The van der Waals surface area contributed by atoms with E-state index < -0.39 is 10.0 Å². The van der Waals surface area contributed by atoms with Gasteiger partial charge in [0.25, 0.3) is 10.0 Å². The maximum absolute atomic E-state index is 12.5. The normalized spacial score (nSPS) is 16.6. The molecule has 0 bridgehead atoms. The molecule has 2 aromatic carbocycles. The molecule has 0 aliphatic carbocycles. The van der Waals surface area contributed by atoms with E-state index in [-0.39, 0.29) is 23.5 Å². The van der Waals surface area contributed by atoms with Crippen LogP contribution in [-0.2, 0) is 16.6 Å². The molecule has 6 nitrogen and oxygen atoms in total. The van der Waals surface area contributed by atoms with Gasteiger partial charge in [0.15, 0.2) is 0 Å². The van der Waals surface area contributed by atoms with Gasteiger partial charge in [-0.2, -0.15) is 8.42 Å². The Morgan fingerprint density at radius 1 is 1.04 bits per heavy atom. The third kappa shape index (κ3) is 4.55. The van der Waals surface area contributed by atoms with Crippen molar-refractivity contribution in [3.63, 3.8) is 0 Å². The van der Waals surface area contributed by atoms with E-state index >= 15 is 0 Å². The number of aliphatic hydroxyl groups excluding tert-OH is 1. The molecule has 0 radical (unpaired) electrons. The monoisotopic (exact) mass is 387 g/mol.